The highest BCUT2D eigenvalue weighted by Crippen LogP contribution is 2.36. The first-order valence-electron chi connectivity index (χ1n) is 7.26. The quantitative estimate of drug-likeness (QED) is 0.926. The van der Waals surface area contributed by atoms with Crippen molar-refractivity contribution in [2.75, 3.05) is 16.8 Å². The molecule has 1 fully saturated rings. The van der Waals surface area contributed by atoms with Crippen LogP contribution in [-0.4, -0.2) is 27.4 Å². The summed E-state index contributed by atoms with van der Waals surface area (Å²) in [5.74, 6) is 0.400. The molecule has 0 radical (unpaired) electrons. The van der Waals surface area contributed by atoms with Crippen molar-refractivity contribution in [3.8, 4) is 6.07 Å². The highest BCUT2D eigenvalue weighted by Gasteiger charge is 2.46. The fourth-order valence-electron chi connectivity index (χ4n) is 2.51. The average Bonchev–Trinajstić information content (AvgIpc) is 2.93. The van der Waals surface area contributed by atoms with Crippen LogP contribution in [-0.2, 0) is 4.79 Å². The third-order valence-corrected chi connectivity index (χ3v) is 3.97. The van der Waals surface area contributed by atoms with E-state index in [9.17, 15) is 10.1 Å². The minimum absolute atomic E-state index is 0.235. The fourth-order valence-corrected chi connectivity index (χ4v) is 2.51. The van der Waals surface area contributed by atoms with Gasteiger partial charge in [0.1, 0.15) is 5.41 Å². The van der Waals surface area contributed by atoms with E-state index in [2.05, 4.69) is 38.6 Å². The summed E-state index contributed by atoms with van der Waals surface area (Å²) in [5.41, 5.74) is -0.185. The molecule has 1 N–H and O–H groups in total. The third kappa shape index (κ3) is 2.65. The van der Waals surface area contributed by atoms with E-state index in [1.54, 1.807) is 24.5 Å². The second kappa shape index (κ2) is 5.90. The number of rotatable bonds is 4. The molecule has 2 aromatic heterocycles. The van der Waals surface area contributed by atoms with Crippen molar-refractivity contribution in [1.29, 1.82) is 5.26 Å². The number of nitriles is 1. The molecule has 3 rings (SSSR count). The number of pyridine rings is 1. The lowest BCUT2D eigenvalue weighted by molar-refractivity contribution is -0.123. The fraction of sp³-hybridized carbons (Fsp3) is 0.312. The highest BCUT2D eigenvalue weighted by molar-refractivity contribution is 6.00. The van der Waals surface area contributed by atoms with Crippen LogP contribution in [0.5, 0.6) is 0 Å². The van der Waals surface area contributed by atoms with Gasteiger partial charge in [0, 0.05) is 30.8 Å². The molecule has 1 atom stereocenters. The monoisotopic (exact) mass is 306 g/mol. The smallest absolute Gasteiger partial charge is 0.249 e. The Labute approximate surface area is 134 Å². The molecule has 1 unspecified atom stereocenters. The molecule has 0 aromatic carbocycles. The van der Waals surface area contributed by atoms with Gasteiger partial charge in [-0.2, -0.15) is 15.2 Å². The van der Waals surface area contributed by atoms with Gasteiger partial charge in [-0.3, -0.25) is 14.7 Å². The summed E-state index contributed by atoms with van der Waals surface area (Å²) in [6, 6.07) is 8.45. The first kappa shape index (κ1) is 14.7. The van der Waals surface area contributed by atoms with E-state index in [4.69, 9.17) is 0 Å². The van der Waals surface area contributed by atoms with Gasteiger partial charge in [-0.25, -0.2) is 0 Å². The van der Waals surface area contributed by atoms with Crippen LogP contribution in [0.2, 0.25) is 0 Å². The van der Waals surface area contributed by atoms with Crippen molar-refractivity contribution in [3.63, 3.8) is 0 Å². The number of aromatic nitrogens is 3. The Hall–Kier alpha value is -3.19. The Balaban J connectivity index is 1.84. The van der Waals surface area contributed by atoms with Crippen LogP contribution in [0.3, 0.4) is 0 Å². The zero-order valence-corrected chi connectivity index (χ0v) is 12.6. The lowest BCUT2D eigenvalue weighted by Gasteiger charge is -2.18. The predicted octanol–water partition coefficient (Wildman–Crippen LogP) is 1.87. The molecule has 23 heavy (non-hydrogen) atoms. The standard InChI is InChI=1S/C16H14N6O/c1-2-16(11-17)6-10-22(14(16)23)13-5-9-19-15(21-13)20-12-3-7-18-8-4-12/h3-4,7-8H,2,6,10H2,1H3,(H,18,19,20,21). The molecule has 1 aliphatic heterocycles. The molecular weight excluding hydrogens is 292 g/mol. The summed E-state index contributed by atoms with van der Waals surface area (Å²) in [6.45, 7) is 2.28. The molecule has 114 valence electrons. The van der Waals surface area contributed by atoms with Crippen molar-refractivity contribution in [2.45, 2.75) is 19.8 Å². The van der Waals surface area contributed by atoms with Gasteiger partial charge in [-0.1, -0.05) is 6.92 Å². The van der Waals surface area contributed by atoms with Crippen molar-refractivity contribution >= 4 is 23.4 Å². The average molecular weight is 306 g/mol. The second-order valence-electron chi connectivity index (χ2n) is 5.22. The summed E-state index contributed by atoms with van der Waals surface area (Å²) >= 11 is 0. The Morgan fingerprint density at radius 1 is 1.48 bits per heavy atom. The Morgan fingerprint density at radius 3 is 2.91 bits per heavy atom. The first-order chi connectivity index (χ1) is 11.2. The van der Waals surface area contributed by atoms with Gasteiger partial charge in [0.15, 0.2) is 5.82 Å². The molecule has 0 saturated carbocycles. The minimum Gasteiger partial charge on any atom is -0.323 e. The number of carbonyl (C=O) groups excluding carboxylic acids is 1. The molecule has 1 aliphatic rings. The topological polar surface area (TPSA) is 94.8 Å². The van der Waals surface area contributed by atoms with Gasteiger partial charge in [0.2, 0.25) is 11.9 Å². The lowest BCUT2D eigenvalue weighted by Crippen LogP contribution is -2.33. The highest BCUT2D eigenvalue weighted by atomic mass is 16.2. The van der Waals surface area contributed by atoms with Gasteiger partial charge >= 0.3 is 0 Å². The summed E-state index contributed by atoms with van der Waals surface area (Å²) < 4.78 is 0. The number of hydrogen-bond donors (Lipinski definition) is 1. The zero-order chi connectivity index (χ0) is 16.3. The van der Waals surface area contributed by atoms with Crippen LogP contribution in [0, 0.1) is 29.0 Å². The van der Waals surface area contributed by atoms with Gasteiger partial charge in [-0.05, 0) is 31.0 Å². The second-order valence-corrected chi connectivity index (χ2v) is 5.22. The van der Waals surface area contributed by atoms with Crippen molar-refractivity contribution < 1.29 is 4.79 Å². The Morgan fingerprint density at radius 2 is 2.26 bits per heavy atom. The zero-order valence-electron chi connectivity index (χ0n) is 12.6. The number of anilines is 3. The van der Waals surface area contributed by atoms with E-state index < -0.39 is 5.41 Å². The number of carbonyl (C=O) groups is 1. The van der Waals surface area contributed by atoms with Crippen LogP contribution in [0.15, 0.2) is 24.5 Å². The lowest BCUT2D eigenvalue weighted by atomic mass is 9.85. The van der Waals surface area contributed by atoms with Crippen molar-refractivity contribution in [1.82, 2.24) is 15.0 Å². The van der Waals surface area contributed by atoms with Crippen LogP contribution in [0.25, 0.3) is 0 Å². The first-order valence-corrected chi connectivity index (χ1v) is 7.26. The number of nitrogens with one attached hydrogen (secondary N) is 1. The van der Waals surface area contributed by atoms with Gasteiger partial charge in [0.05, 0.1) is 6.07 Å². The summed E-state index contributed by atoms with van der Waals surface area (Å²) in [6.07, 6.45) is 6.88. The minimum atomic E-state index is -0.961. The van der Waals surface area contributed by atoms with Crippen LogP contribution >= 0.6 is 0 Å². The molecule has 0 spiro atoms. The number of amides is 1. The van der Waals surface area contributed by atoms with E-state index >= 15 is 0 Å². The maximum absolute atomic E-state index is 12.5. The molecule has 2 aromatic rings. The molecule has 7 nitrogen and oxygen atoms in total. The van der Waals surface area contributed by atoms with Crippen molar-refractivity contribution in [2.24, 2.45) is 5.41 Å². The number of nitrogens with zero attached hydrogens (tertiary/aromatic N) is 5. The van der Waals surface area contributed by atoms with Gasteiger partial charge in [-0.15, -0.1) is 0 Å². The molecule has 1 amide bonds. The van der Waals surface area contributed by atoms with E-state index in [1.165, 1.54) is 4.90 Å². The van der Waals surface area contributed by atoms with E-state index in [1.807, 2.05) is 6.92 Å². The van der Waals surface area contributed by atoms with E-state index in [-0.39, 0.29) is 5.91 Å². The molecule has 3 heterocycles. The summed E-state index contributed by atoms with van der Waals surface area (Å²) in [4.78, 5) is 26.2. The van der Waals surface area contributed by atoms with Gasteiger partial charge < -0.3 is 5.32 Å². The largest absolute Gasteiger partial charge is 0.323 e. The summed E-state index contributed by atoms with van der Waals surface area (Å²) in [7, 11) is 0. The molecule has 1 saturated heterocycles. The predicted molar refractivity (Wildman–Crippen MR) is 82.5 cm³/mol. The molecular formula is C16H14N6O. The normalized spacial score (nSPS) is 20.0. The molecule has 7 heteroatoms. The van der Waals surface area contributed by atoms with Crippen LogP contribution in [0.4, 0.5) is 17.5 Å². The van der Waals surface area contributed by atoms with Gasteiger partial charge in [0.25, 0.3) is 0 Å². The van der Waals surface area contributed by atoms with Crippen LogP contribution < -0.4 is 10.2 Å². The SMILES string of the molecule is CCC1(C#N)CCN(c2c#cnc(Nc3ccncc3)n2)C1=O. The van der Waals surface area contributed by atoms with E-state index in [0.717, 1.165) is 5.69 Å². The van der Waals surface area contributed by atoms with Crippen LogP contribution in [0.1, 0.15) is 19.8 Å². The molecule has 0 aliphatic carbocycles. The van der Waals surface area contributed by atoms with Crippen molar-refractivity contribution in [3.05, 3.63) is 36.8 Å². The number of hydrogen-bond acceptors (Lipinski definition) is 6. The third-order valence-electron chi connectivity index (χ3n) is 3.97. The van der Waals surface area contributed by atoms with E-state index in [0.29, 0.717) is 31.2 Å². The maximum Gasteiger partial charge on any atom is 0.249 e. The maximum atomic E-state index is 12.5. The summed E-state index contributed by atoms with van der Waals surface area (Å²) in [5, 5.41) is 12.3. The Bertz CT molecular complexity index is 757. The molecule has 0 bridgehead atoms. The Kier molecular flexibility index (Phi) is 3.78.